The average Bonchev–Trinajstić information content (AvgIpc) is 2.74. The van der Waals surface area contributed by atoms with E-state index < -0.39 is 0 Å². The van der Waals surface area contributed by atoms with Crippen molar-refractivity contribution in [2.24, 2.45) is 0 Å². The van der Waals surface area contributed by atoms with Crippen LogP contribution in [0, 0.1) is 13.8 Å². The van der Waals surface area contributed by atoms with E-state index in [1.165, 1.54) is 0 Å². The molecule has 6 heteroatoms. The third kappa shape index (κ3) is 3.91. The fourth-order valence-corrected chi connectivity index (χ4v) is 2.95. The Hall–Kier alpha value is -3.54. The molecule has 2 N–H and O–H groups in total. The molecule has 140 valence electrons. The van der Waals surface area contributed by atoms with E-state index in [1.54, 1.807) is 6.20 Å². The van der Waals surface area contributed by atoms with Crippen LogP contribution >= 0.6 is 0 Å². The monoisotopic (exact) mass is 370 g/mol. The molecule has 0 amide bonds. The first kappa shape index (κ1) is 17.9. The van der Waals surface area contributed by atoms with Crippen LogP contribution in [0.4, 0.5) is 11.6 Å². The minimum absolute atomic E-state index is 0.635. The van der Waals surface area contributed by atoms with Crippen molar-refractivity contribution < 1.29 is 0 Å². The minimum atomic E-state index is 0.635. The van der Waals surface area contributed by atoms with Crippen LogP contribution in [0.15, 0.2) is 60.8 Å². The quantitative estimate of drug-likeness (QED) is 0.495. The maximum atomic E-state index is 4.66. The lowest BCUT2D eigenvalue weighted by atomic mass is 10.2. The van der Waals surface area contributed by atoms with Crippen molar-refractivity contribution >= 4 is 22.5 Å². The van der Waals surface area contributed by atoms with Crippen molar-refractivity contribution in [1.82, 2.24) is 19.9 Å². The summed E-state index contributed by atoms with van der Waals surface area (Å²) in [6.45, 7) is 5.46. The van der Waals surface area contributed by atoms with Crippen LogP contribution in [0.3, 0.4) is 0 Å². The van der Waals surface area contributed by atoms with Gasteiger partial charge in [-0.3, -0.25) is 4.98 Å². The summed E-state index contributed by atoms with van der Waals surface area (Å²) in [5, 5.41) is 7.90. The van der Waals surface area contributed by atoms with Crippen molar-refractivity contribution in [1.29, 1.82) is 0 Å². The number of aryl methyl sites for hydroxylation is 1. The van der Waals surface area contributed by atoms with Gasteiger partial charge in [0, 0.05) is 35.9 Å². The Morgan fingerprint density at radius 3 is 2.46 bits per heavy atom. The molecule has 1 aromatic carbocycles. The number of nitrogens with zero attached hydrogens (tertiary/aromatic N) is 4. The third-order valence-corrected chi connectivity index (χ3v) is 4.61. The Morgan fingerprint density at radius 2 is 1.61 bits per heavy atom. The van der Waals surface area contributed by atoms with E-state index >= 15 is 0 Å². The van der Waals surface area contributed by atoms with Gasteiger partial charge in [0.05, 0.1) is 5.52 Å². The van der Waals surface area contributed by atoms with Gasteiger partial charge in [-0.2, -0.15) is 0 Å². The number of fused-ring (bicyclic) bond motifs is 1. The van der Waals surface area contributed by atoms with Crippen LogP contribution < -0.4 is 10.6 Å². The predicted octanol–water partition coefficient (Wildman–Crippen LogP) is 4.23. The smallest absolute Gasteiger partial charge is 0.180 e. The first-order valence-electron chi connectivity index (χ1n) is 9.31. The molecule has 4 aromatic rings. The van der Waals surface area contributed by atoms with Gasteiger partial charge in [0.1, 0.15) is 17.3 Å². The molecule has 0 saturated carbocycles. The second-order valence-corrected chi connectivity index (χ2v) is 6.56. The van der Waals surface area contributed by atoms with Gasteiger partial charge in [-0.05, 0) is 44.2 Å². The molecular formula is C22H22N6. The molecule has 3 aromatic heterocycles. The maximum absolute atomic E-state index is 4.66. The highest BCUT2D eigenvalue weighted by atomic mass is 15.1. The van der Waals surface area contributed by atoms with Crippen molar-refractivity contribution in [3.05, 3.63) is 72.1 Å². The van der Waals surface area contributed by atoms with Crippen LogP contribution in [0.25, 0.3) is 22.4 Å². The number of aromatic nitrogens is 4. The molecule has 0 saturated heterocycles. The maximum Gasteiger partial charge on any atom is 0.180 e. The van der Waals surface area contributed by atoms with Gasteiger partial charge in [0.15, 0.2) is 5.82 Å². The number of nitrogens with one attached hydrogen (secondary N) is 2. The van der Waals surface area contributed by atoms with E-state index in [0.29, 0.717) is 12.4 Å². The summed E-state index contributed by atoms with van der Waals surface area (Å²) in [7, 11) is 0. The number of hydrogen-bond donors (Lipinski definition) is 2. The summed E-state index contributed by atoms with van der Waals surface area (Å²) >= 11 is 0. The molecule has 0 aliphatic rings. The van der Waals surface area contributed by atoms with Gasteiger partial charge in [0.2, 0.25) is 0 Å². The number of anilines is 2. The van der Waals surface area contributed by atoms with Crippen LogP contribution in [0.5, 0.6) is 0 Å². The first-order valence-corrected chi connectivity index (χ1v) is 9.31. The predicted molar refractivity (Wildman–Crippen MR) is 113 cm³/mol. The topological polar surface area (TPSA) is 75.6 Å². The number of rotatable bonds is 6. The highest BCUT2D eigenvalue weighted by molar-refractivity contribution is 5.80. The fraction of sp³-hybridized carbons (Fsp3) is 0.182. The molecule has 0 unspecified atom stereocenters. The largest absolute Gasteiger partial charge is 0.368 e. The third-order valence-electron chi connectivity index (χ3n) is 4.61. The Balaban J connectivity index is 1.42. The summed E-state index contributed by atoms with van der Waals surface area (Å²) in [6.07, 6.45) is 1.75. The Bertz CT molecular complexity index is 1090. The molecule has 0 atom stereocenters. The SMILES string of the molecule is Cc1nc(-c2ccccn2)nc(NCCNc2ccc3ccccc3n2)c1C. The van der Waals surface area contributed by atoms with Crippen molar-refractivity contribution in [2.45, 2.75) is 13.8 Å². The lowest BCUT2D eigenvalue weighted by Gasteiger charge is -2.13. The van der Waals surface area contributed by atoms with E-state index in [4.69, 9.17) is 0 Å². The van der Waals surface area contributed by atoms with Gasteiger partial charge in [0.25, 0.3) is 0 Å². The molecule has 0 aliphatic heterocycles. The van der Waals surface area contributed by atoms with E-state index in [-0.39, 0.29) is 0 Å². The van der Waals surface area contributed by atoms with Gasteiger partial charge >= 0.3 is 0 Å². The summed E-state index contributed by atoms with van der Waals surface area (Å²) in [5.74, 6) is 2.34. The molecule has 0 fully saturated rings. The number of hydrogen-bond acceptors (Lipinski definition) is 6. The second kappa shape index (κ2) is 8.00. The molecule has 4 rings (SSSR count). The van der Waals surface area contributed by atoms with E-state index in [1.807, 2.05) is 56.3 Å². The first-order chi connectivity index (χ1) is 13.7. The summed E-state index contributed by atoms with van der Waals surface area (Å²) < 4.78 is 0. The molecule has 0 radical (unpaired) electrons. The standard InChI is InChI=1S/C22H22N6/c1-15-16(2)26-22(19-9-5-6-12-23-19)28-21(15)25-14-13-24-20-11-10-17-7-3-4-8-18(17)27-20/h3-12H,13-14H2,1-2H3,(H,24,27)(H,25,26,28). The zero-order valence-electron chi connectivity index (χ0n) is 16.0. The lowest BCUT2D eigenvalue weighted by Crippen LogP contribution is -2.16. The molecule has 6 nitrogen and oxygen atoms in total. The van der Waals surface area contributed by atoms with Gasteiger partial charge in [-0.1, -0.05) is 24.3 Å². The van der Waals surface area contributed by atoms with Gasteiger partial charge < -0.3 is 10.6 Å². The van der Waals surface area contributed by atoms with Crippen molar-refractivity contribution in [3.63, 3.8) is 0 Å². The molecular weight excluding hydrogens is 348 g/mol. The highest BCUT2D eigenvalue weighted by Crippen LogP contribution is 2.20. The van der Waals surface area contributed by atoms with Crippen LogP contribution in [0.2, 0.25) is 0 Å². The van der Waals surface area contributed by atoms with Crippen LogP contribution in [0.1, 0.15) is 11.3 Å². The molecule has 3 heterocycles. The molecule has 0 spiro atoms. The highest BCUT2D eigenvalue weighted by Gasteiger charge is 2.10. The van der Waals surface area contributed by atoms with Gasteiger partial charge in [-0.15, -0.1) is 0 Å². The van der Waals surface area contributed by atoms with E-state index in [2.05, 4.69) is 42.7 Å². The number of para-hydroxylation sites is 1. The zero-order chi connectivity index (χ0) is 19.3. The van der Waals surface area contributed by atoms with Crippen molar-refractivity contribution in [2.75, 3.05) is 23.7 Å². The van der Waals surface area contributed by atoms with E-state index in [0.717, 1.165) is 46.0 Å². The molecule has 0 bridgehead atoms. The summed E-state index contributed by atoms with van der Waals surface area (Å²) in [4.78, 5) is 18.2. The van der Waals surface area contributed by atoms with Crippen LogP contribution in [-0.4, -0.2) is 33.0 Å². The zero-order valence-corrected chi connectivity index (χ0v) is 16.0. The normalized spacial score (nSPS) is 10.8. The average molecular weight is 370 g/mol. The number of pyridine rings is 2. The van der Waals surface area contributed by atoms with E-state index in [9.17, 15) is 0 Å². The fourth-order valence-electron chi connectivity index (χ4n) is 2.95. The Labute approximate surface area is 164 Å². The van der Waals surface area contributed by atoms with Gasteiger partial charge in [-0.25, -0.2) is 15.0 Å². The molecule has 0 aliphatic carbocycles. The molecule has 28 heavy (non-hydrogen) atoms. The minimum Gasteiger partial charge on any atom is -0.368 e. The van der Waals surface area contributed by atoms with Crippen LogP contribution in [-0.2, 0) is 0 Å². The second-order valence-electron chi connectivity index (χ2n) is 6.56. The number of benzene rings is 1. The Kier molecular flexibility index (Phi) is 5.10. The summed E-state index contributed by atoms with van der Waals surface area (Å²) in [6, 6.07) is 17.9. The lowest BCUT2D eigenvalue weighted by molar-refractivity contribution is 1.01. The Morgan fingerprint density at radius 1 is 0.786 bits per heavy atom. The summed E-state index contributed by atoms with van der Waals surface area (Å²) in [5.41, 5.74) is 3.75. The van der Waals surface area contributed by atoms with Crippen molar-refractivity contribution in [3.8, 4) is 11.5 Å².